The lowest BCUT2D eigenvalue weighted by Crippen LogP contribution is -2.22. The molecule has 2 aromatic heterocycles. The van der Waals surface area contributed by atoms with Crippen LogP contribution in [0.1, 0.15) is 55.9 Å². The Bertz CT molecular complexity index is 1190. The van der Waals surface area contributed by atoms with Crippen LogP contribution in [0.15, 0.2) is 24.3 Å². The Morgan fingerprint density at radius 3 is 2.50 bits per heavy atom. The van der Waals surface area contributed by atoms with E-state index in [4.69, 9.17) is 10.5 Å². The van der Waals surface area contributed by atoms with E-state index in [1.807, 2.05) is 19.1 Å². The van der Waals surface area contributed by atoms with Crippen molar-refractivity contribution in [3.8, 4) is 16.3 Å². The van der Waals surface area contributed by atoms with E-state index in [1.165, 1.54) is 29.6 Å². The molecule has 9 heteroatoms. The zero-order valence-corrected chi connectivity index (χ0v) is 19.5. The van der Waals surface area contributed by atoms with Crippen LogP contribution in [0.4, 0.5) is 5.00 Å². The molecular formula is C23H23N3O4S2. The number of thiophene rings is 1. The molecule has 0 bridgehead atoms. The van der Waals surface area contributed by atoms with E-state index in [0.29, 0.717) is 21.2 Å². The van der Waals surface area contributed by atoms with E-state index >= 15 is 0 Å². The van der Waals surface area contributed by atoms with Crippen LogP contribution >= 0.6 is 22.7 Å². The van der Waals surface area contributed by atoms with Gasteiger partial charge < -0.3 is 15.8 Å². The van der Waals surface area contributed by atoms with E-state index in [0.717, 1.165) is 52.4 Å². The van der Waals surface area contributed by atoms with Crippen molar-refractivity contribution in [1.82, 2.24) is 4.98 Å². The molecule has 1 aliphatic carbocycles. The standard InChI is InChI=1S/C23H23N3O4S2/c1-12-20(13(2)27)32-22(25-12)14-7-9-15(10-8-14)30-11-18(28)26-23-19(21(24)29)16-5-3-4-6-17(16)31-23/h7-10H,3-6,11H2,1-2H3,(H2,24,29)(H,26,28). The summed E-state index contributed by atoms with van der Waals surface area (Å²) in [4.78, 5) is 42.3. The summed E-state index contributed by atoms with van der Waals surface area (Å²) < 4.78 is 5.61. The number of carbonyl (C=O) groups excluding carboxylic acids is 3. The molecule has 0 atom stereocenters. The second kappa shape index (κ2) is 9.22. The number of hydrogen-bond donors (Lipinski definition) is 2. The molecule has 3 aromatic rings. The number of nitrogens with two attached hydrogens (primary N) is 1. The number of aryl methyl sites for hydroxylation is 2. The third-order valence-corrected chi connectivity index (χ3v) is 7.77. The zero-order chi connectivity index (χ0) is 22.8. The summed E-state index contributed by atoms with van der Waals surface area (Å²) >= 11 is 2.79. The molecule has 0 radical (unpaired) electrons. The van der Waals surface area contributed by atoms with Gasteiger partial charge in [0.05, 0.1) is 16.1 Å². The number of carbonyl (C=O) groups is 3. The van der Waals surface area contributed by atoms with Crippen LogP contribution in [-0.2, 0) is 17.6 Å². The molecule has 7 nitrogen and oxygen atoms in total. The van der Waals surface area contributed by atoms with Crippen molar-refractivity contribution in [2.75, 3.05) is 11.9 Å². The summed E-state index contributed by atoms with van der Waals surface area (Å²) in [5.41, 5.74) is 8.58. The van der Waals surface area contributed by atoms with Gasteiger partial charge in [0.15, 0.2) is 12.4 Å². The Labute approximate surface area is 193 Å². The highest BCUT2D eigenvalue weighted by molar-refractivity contribution is 7.17. The maximum Gasteiger partial charge on any atom is 0.262 e. The summed E-state index contributed by atoms with van der Waals surface area (Å²) in [5.74, 6) is -0.328. The number of hydrogen-bond acceptors (Lipinski definition) is 7. The van der Waals surface area contributed by atoms with Crippen molar-refractivity contribution in [1.29, 1.82) is 0 Å². The quantitative estimate of drug-likeness (QED) is 0.499. The monoisotopic (exact) mass is 469 g/mol. The Hall–Kier alpha value is -3.04. The van der Waals surface area contributed by atoms with Crippen LogP contribution in [0.3, 0.4) is 0 Å². The number of primary amides is 1. The maximum absolute atomic E-state index is 12.4. The number of thiazole rings is 1. The van der Waals surface area contributed by atoms with Crippen LogP contribution in [0.25, 0.3) is 10.6 Å². The van der Waals surface area contributed by atoms with Crippen molar-refractivity contribution in [2.45, 2.75) is 39.5 Å². The molecule has 0 unspecified atom stereocenters. The minimum Gasteiger partial charge on any atom is -0.484 e. The first-order valence-corrected chi connectivity index (χ1v) is 11.9. The first-order chi connectivity index (χ1) is 15.3. The number of benzene rings is 1. The average molecular weight is 470 g/mol. The molecule has 32 heavy (non-hydrogen) atoms. The van der Waals surface area contributed by atoms with Gasteiger partial charge >= 0.3 is 0 Å². The van der Waals surface area contributed by atoms with Gasteiger partial charge in [0.25, 0.3) is 11.8 Å². The number of Topliss-reactive ketones (excluding diaryl/α,β-unsaturated/α-hetero) is 1. The number of ether oxygens (including phenoxy) is 1. The highest BCUT2D eigenvalue weighted by atomic mass is 32.1. The molecule has 1 aromatic carbocycles. The Morgan fingerprint density at radius 1 is 1.12 bits per heavy atom. The zero-order valence-electron chi connectivity index (χ0n) is 17.8. The van der Waals surface area contributed by atoms with E-state index in [9.17, 15) is 14.4 Å². The van der Waals surface area contributed by atoms with Crippen LogP contribution in [-0.4, -0.2) is 29.2 Å². The molecule has 2 heterocycles. The van der Waals surface area contributed by atoms with Gasteiger partial charge in [-0.3, -0.25) is 14.4 Å². The summed E-state index contributed by atoms with van der Waals surface area (Å²) in [6, 6.07) is 7.19. The summed E-state index contributed by atoms with van der Waals surface area (Å²) in [7, 11) is 0. The third kappa shape index (κ3) is 4.58. The lowest BCUT2D eigenvalue weighted by atomic mass is 9.95. The van der Waals surface area contributed by atoms with Gasteiger partial charge in [0.1, 0.15) is 15.8 Å². The number of rotatable bonds is 7. The molecule has 3 N–H and O–H groups in total. The number of nitrogens with zero attached hydrogens (tertiary/aromatic N) is 1. The largest absolute Gasteiger partial charge is 0.484 e. The Balaban J connectivity index is 1.40. The van der Waals surface area contributed by atoms with Gasteiger partial charge in [-0.1, -0.05) is 0 Å². The maximum atomic E-state index is 12.4. The molecule has 0 aliphatic heterocycles. The van der Waals surface area contributed by atoms with Gasteiger partial charge in [-0.2, -0.15) is 0 Å². The molecular weight excluding hydrogens is 446 g/mol. The molecule has 0 spiro atoms. The van der Waals surface area contributed by atoms with E-state index < -0.39 is 5.91 Å². The van der Waals surface area contributed by atoms with Crippen molar-refractivity contribution in [3.63, 3.8) is 0 Å². The second-order valence-electron chi connectivity index (χ2n) is 7.63. The first kappa shape index (κ1) is 22.2. The molecule has 0 saturated heterocycles. The summed E-state index contributed by atoms with van der Waals surface area (Å²) in [5, 5.41) is 4.06. The van der Waals surface area contributed by atoms with Crippen molar-refractivity contribution in [2.24, 2.45) is 5.73 Å². The summed E-state index contributed by atoms with van der Waals surface area (Å²) in [6.07, 6.45) is 3.82. The fraction of sp³-hybridized carbons (Fsp3) is 0.304. The molecule has 1 aliphatic rings. The highest BCUT2D eigenvalue weighted by Crippen LogP contribution is 2.38. The van der Waals surface area contributed by atoms with Gasteiger partial charge in [0.2, 0.25) is 0 Å². The first-order valence-electron chi connectivity index (χ1n) is 10.3. The number of nitrogens with one attached hydrogen (secondary N) is 1. The fourth-order valence-corrected chi connectivity index (χ4v) is 6.04. The predicted molar refractivity (Wildman–Crippen MR) is 126 cm³/mol. The number of anilines is 1. The average Bonchev–Trinajstić information content (AvgIpc) is 3.33. The predicted octanol–water partition coefficient (Wildman–Crippen LogP) is 4.38. The lowest BCUT2D eigenvalue weighted by Gasteiger charge is -2.11. The second-order valence-corrected chi connectivity index (χ2v) is 9.73. The smallest absolute Gasteiger partial charge is 0.262 e. The van der Waals surface area contributed by atoms with Gasteiger partial charge in [0, 0.05) is 17.4 Å². The van der Waals surface area contributed by atoms with E-state index in [2.05, 4.69) is 10.3 Å². The van der Waals surface area contributed by atoms with Crippen LogP contribution in [0.5, 0.6) is 5.75 Å². The van der Waals surface area contributed by atoms with Crippen molar-refractivity contribution >= 4 is 45.3 Å². The van der Waals surface area contributed by atoms with E-state index in [1.54, 1.807) is 12.1 Å². The molecule has 166 valence electrons. The topological polar surface area (TPSA) is 111 Å². The molecule has 0 fully saturated rings. The third-order valence-electron chi connectivity index (χ3n) is 5.26. The fourth-order valence-electron chi connectivity index (χ4n) is 3.77. The van der Waals surface area contributed by atoms with Crippen molar-refractivity contribution < 1.29 is 19.1 Å². The normalized spacial score (nSPS) is 12.8. The van der Waals surface area contributed by atoms with Gasteiger partial charge in [-0.05, 0) is 62.4 Å². The number of amides is 2. The van der Waals surface area contributed by atoms with Gasteiger partial charge in [-0.15, -0.1) is 22.7 Å². The van der Waals surface area contributed by atoms with Crippen LogP contribution < -0.4 is 15.8 Å². The van der Waals surface area contributed by atoms with E-state index in [-0.39, 0.29) is 18.3 Å². The highest BCUT2D eigenvalue weighted by Gasteiger charge is 2.25. The summed E-state index contributed by atoms with van der Waals surface area (Å²) in [6.45, 7) is 3.16. The van der Waals surface area contributed by atoms with Crippen LogP contribution in [0.2, 0.25) is 0 Å². The van der Waals surface area contributed by atoms with Gasteiger partial charge in [-0.25, -0.2) is 4.98 Å². The van der Waals surface area contributed by atoms with Crippen molar-refractivity contribution in [3.05, 3.63) is 50.8 Å². The lowest BCUT2D eigenvalue weighted by molar-refractivity contribution is -0.118. The Morgan fingerprint density at radius 2 is 1.84 bits per heavy atom. The van der Waals surface area contributed by atoms with Crippen LogP contribution in [0, 0.1) is 6.92 Å². The minimum absolute atomic E-state index is 0.00306. The number of ketones is 1. The SMILES string of the molecule is CC(=O)c1sc(-c2ccc(OCC(=O)Nc3sc4c(c3C(N)=O)CCCC4)cc2)nc1C. The minimum atomic E-state index is -0.512. The molecule has 4 rings (SSSR count). The number of aromatic nitrogens is 1. The number of fused-ring (bicyclic) bond motifs is 1. The Kier molecular flexibility index (Phi) is 6.38. The molecule has 2 amide bonds. The molecule has 0 saturated carbocycles.